The lowest BCUT2D eigenvalue weighted by Gasteiger charge is -2.16. The maximum atomic E-state index is 13.3. The molecule has 0 fully saturated rings. The first-order valence-corrected chi connectivity index (χ1v) is 16.5. The van der Waals surface area contributed by atoms with E-state index < -0.39 is 8.07 Å². The van der Waals surface area contributed by atoms with Gasteiger partial charge in [0.25, 0.3) is 5.56 Å². The number of rotatable bonds is 8. The number of imidazole rings is 1. The van der Waals surface area contributed by atoms with E-state index in [1.54, 1.807) is 53.7 Å². The highest BCUT2D eigenvalue weighted by Gasteiger charge is 2.21. The number of hydrogen-bond donors (Lipinski definition) is 1. The number of halogens is 1. The standard InChI is InChI=1S/C28H31ClN4O4Si/c1-31-16-22(20-12-13-33(25(20)27(31)34)17-36-14-15-38(3,4)5)21-10-11-23-24(30-28(35)32(23)2)26(21)37-19-8-6-18(29)7-9-19/h6-13,16H,14-15,17H2,1-5H3,(H,30,35). The molecule has 1 N–H and O–H groups in total. The molecule has 0 amide bonds. The van der Waals surface area contributed by atoms with Crippen LogP contribution in [0, 0.1) is 0 Å². The molecule has 5 aromatic rings. The van der Waals surface area contributed by atoms with Crippen LogP contribution in [0.25, 0.3) is 33.1 Å². The van der Waals surface area contributed by atoms with Gasteiger partial charge in [-0.05, 0) is 48.5 Å². The highest BCUT2D eigenvalue weighted by molar-refractivity contribution is 6.76. The molecule has 0 aliphatic heterocycles. The van der Waals surface area contributed by atoms with Gasteiger partial charge in [0.05, 0.1) is 5.52 Å². The van der Waals surface area contributed by atoms with Crippen molar-refractivity contribution in [3.63, 3.8) is 0 Å². The molecule has 38 heavy (non-hydrogen) atoms. The van der Waals surface area contributed by atoms with Crippen molar-refractivity contribution in [1.29, 1.82) is 0 Å². The van der Waals surface area contributed by atoms with Crippen molar-refractivity contribution in [2.45, 2.75) is 32.4 Å². The molecule has 0 unspecified atom stereocenters. The number of nitrogens with one attached hydrogen (secondary N) is 1. The van der Waals surface area contributed by atoms with Crippen LogP contribution in [0.4, 0.5) is 0 Å². The molecule has 0 saturated heterocycles. The third-order valence-electron chi connectivity index (χ3n) is 6.68. The van der Waals surface area contributed by atoms with E-state index in [1.807, 2.05) is 29.0 Å². The summed E-state index contributed by atoms with van der Waals surface area (Å²) in [7, 11) is 2.22. The Morgan fingerprint density at radius 1 is 0.974 bits per heavy atom. The average Bonchev–Trinajstić information content (AvgIpc) is 3.41. The third-order valence-corrected chi connectivity index (χ3v) is 8.64. The van der Waals surface area contributed by atoms with Gasteiger partial charge in [-0.1, -0.05) is 31.2 Å². The fourth-order valence-corrected chi connectivity index (χ4v) is 5.37. The molecule has 3 aromatic heterocycles. The molecule has 8 nitrogen and oxygen atoms in total. The van der Waals surface area contributed by atoms with E-state index in [0.29, 0.717) is 46.4 Å². The van der Waals surface area contributed by atoms with Gasteiger partial charge in [0, 0.05) is 62.7 Å². The molecular weight excluding hydrogens is 520 g/mol. The van der Waals surface area contributed by atoms with Gasteiger partial charge in [-0.3, -0.25) is 9.36 Å². The minimum atomic E-state index is -1.22. The molecule has 3 heterocycles. The summed E-state index contributed by atoms with van der Waals surface area (Å²) in [5.41, 5.74) is 3.02. The fraction of sp³-hybridized carbons (Fsp3) is 0.286. The van der Waals surface area contributed by atoms with Crippen molar-refractivity contribution < 1.29 is 9.47 Å². The molecule has 198 valence electrons. The summed E-state index contributed by atoms with van der Waals surface area (Å²) >= 11 is 6.08. The van der Waals surface area contributed by atoms with Crippen molar-refractivity contribution in [2.24, 2.45) is 14.1 Å². The van der Waals surface area contributed by atoms with Crippen molar-refractivity contribution in [1.82, 2.24) is 18.7 Å². The zero-order valence-electron chi connectivity index (χ0n) is 22.2. The number of benzene rings is 2. The number of aryl methyl sites for hydroxylation is 2. The van der Waals surface area contributed by atoms with Crippen LogP contribution in [0.15, 0.2) is 64.4 Å². The molecule has 0 saturated carbocycles. The summed E-state index contributed by atoms with van der Waals surface area (Å²) in [6.45, 7) is 7.89. The molecule has 0 bridgehead atoms. The van der Waals surface area contributed by atoms with Gasteiger partial charge >= 0.3 is 5.69 Å². The van der Waals surface area contributed by atoms with Crippen LogP contribution >= 0.6 is 11.6 Å². The Bertz CT molecular complexity index is 1760. The molecule has 0 aliphatic rings. The first-order valence-electron chi connectivity index (χ1n) is 12.5. The van der Waals surface area contributed by atoms with Crippen LogP contribution in [0.3, 0.4) is 0 Å². The van der Waals surface area contributed by atoms with E-state index in [4.69, 9.17) is 21.1 Å². The Labute approximate surface area is 226 Å². The smallest absolute Gasteiger partial charge is 0.326 e. The number of ether oxygens (including phenoxy) is 2. The highest BCUT2D eigenvalue weighted by Crippen LogP contribution is 2.41. The Balaban J connectivity index is 1.65. The van der Waals surface area contributed by atoms with E-state index in [-0.39, 0.29) is 11.2 Å². The molecule has 10 heteroatoms. The summed E-state index contributed by atoms with van der Waals surface area (Å²) in [4.78, 5) is 28.7. The van der Waals surface area contributed by atoms with Crippen molar-refractivity contribution >= 4 is 41.6 Å². The van der Waals surface area contributed by atoms with Crippen molar-refractivity contribution in [2.75, 3.05) is 6.61 Å². The zero-order valence-corrected chi connectivity index (χ0v) is 23.9. The number of hydrogen-bond acceptors (Lipinski definition) is 4. The summed E-state index contributed by atoms with van der Waals surface area (Å²) in [6, 6.07) is 13.8. The van der Waals surface area contributed by atoms with Crippen LogP contribution in [-0.4, -0.2) is 33.4 Å². The minimum Gasteiger partial charge on any atom is -0.454 e. The largest absolute Gasteiger partial charge is 0.454 e. The van der Waals surface area contributed by atoms with Gasteiger partial charge in [0.1, 0.15) is 23.5 Å². The maximum Gasteiger partial charge on any atom is 0.326 e. The molecule has 5 rings (SSSR count). The summed E-state index contributed by atoms with van der Waals surface area (Å²) in [5.74, 6) is 1.06. The first kappa shape index (κ1) is 26.1. The second-order valence-corrected chi connectivity index (χ2v) is 16.8. The maximum absolute atomic E-state index is 13.3. The lowest BCUT2D eigenvalue weighted by Crippen LogP contribution is -2.23. The van der Waals surface area contributed by atoms with Gasteiger partial charge in [0.15, 0.2) is 5.75 Å². The minimum absolute atomic E-state index is 0.114. The quantitative estimate of drug-likeness (QED) is 0.191. The van der Waals surface area contributed by atoms with Crippen molar-refractivity contribution in [3.8, 4) is 22.6 Å². The fourth-order valence-electron chi connectivity index (χ4n) is 4.49. The van der Waals surface area contributed by atoms with Gasteiger partial charge in [0.2, 0.25) is 0 Å². The predicted molar refractivity (Wildman–Crippen MR) is 155 cm³/mol. The Hall–Kier alpha value is -3.53. The third kappa shape index (κ3) is 4.96. The van der Waals surface area contributed by atoms with Crippen LogP contribution < -0.4 is 16.0 Å². The topological polar surface area (TPSA) is 83.2 Å². The zero-order chi connectivity index (χ0) is 27.2. The van der Waals surface area contributed by atoms with Gasteiger partial charge in [-0.2, -0.15) is 0 Å². The van der Waals surface area contributed by atoms with E-state index in [9.17, 15) is 9.59 Å². The van der Waals surface area contributed by atoms with Crippen LogP contribution in [0.1, 0.15) is 0 Å². The summed E-state index contributed by atoms with van der Waals surface area (Å²) in [5, 5.41) is 1.37. The van der Waals surface area contributed by atoms with Crippen LogP contribution in [-0.2, 0) is 25.6 Å². The molecule has 0 spiro atoms. The highest BCUT2D eigenvalue weighted by atomic mass is 35.5. The predicted octanol–water partition coefficient (Wildman–Crippen LogP) is 5.95. The Morgan fingerprint density at radius 2 is 1.71 bits per heavy atom. The Morgan fingerprint density at radius 3 is 2.42 bits per heavy atom. The molecule has 0 aliphatic carbocycles. The van der Waals surface area contributed by atoms with Crippen LogP contribution in [0.2, 0.25) is 30.7 Å². The number of aromatic nitrogens is 4. The number of nitrogens with zero attached hydrogens (tertiary/aromatic N) is 3. The first-order chi connectivity index (χ1) is 18.0. The number of fused-ring (bicyclic) bond motifs is 2. The lowest BCUT2D eigenvalue weighted by molar-refractivity contribution is 0.0901. The van der Waals surface area contributed by atoms with E-state index in [0.717, 1.165) is 22.6 Å². The summed E-state index contributed by atoms with van der Waals surface area (Å²) < 4.78 is 17.3. The molecule has 0 radical (unpaired) electrons. The normalized spacial score (nSPS) is 12.1. The molecule has 0 atom stereocenters. The van der Waals surface area contributed by atoms with Gasteiger partial charge in [-0.25, -0.2) is 4.79 Å². The van der Waals surface area contributed by atoms with Gasteiger partial charge in [-0.15, -0.1) is 0 Å². The molecular formula is C28H31ClN4O4Si. The number of aromatic amines is 1. The second-order valence-electron chi connectivity index (χ2n) is 10.7. The molecule has 2 aromatic carbocycles. The Kier molecular flexibility index (Phi) is 6.85. The monoisotopic (exact) mass is 550 g/mol. The van der Waals surface area contributed by atoms with Crippen LogP contribution in [0.5, 0.6) is 11.5 Å². The van der Waals surface area contributed by atoms with E-state index in [1.165, 1.54) is 0 Å². The average molecular weight is 551 g/mol. The van der Waals surface area contributed by atoms with E-state index >= 15 is 0 Å². The van der Waals surface area contributed by atoms with Crippen molar-refractivity contribution in [3.05, 3.63) is 80.7 Å². The number of H-pyrrole nitrogens is 1. The van der Waals surface area contributed by atoms with Gasteiger partial charge < -0.3 is 23.6 Å². The van der Waals surface area contributed by atoms with E-state index in [2.05, 4.69) is 24.6 Å². The lowest BCUT2D eigenvalue weighted by atomic mass is 10.0. The number of pyridine rings is 1. The summed E-state index contributed by atoms with van der Waals surface area (Å²) in [6.07, 6.45) is 3.69. The SMILES string of the molecule is Cn1cc(-c2ccc3c([nH]c(=O)n3C)c2Oc2ccc(Cl)cc2)c2ccn(COCC[Si](C)(C)C)c2c1=O. The second kappa shape index (κ2) is 9.98.